The van der Waals surface area contributed by atoms with Crippen LogP contribution >= 0.6 is 0 Å². The number of hydrogen-bond donors (Lipinski definition) is 2. The quantitative estimate of drug-likeness (QED) is 0.770. The second-order valence-corrected chi connectivity index (χ2v) is 5.65. The number of likely N-dealkylation sites (N-methyl/N-ethyl adjacent to an activating group) is 1. The van der Waals surface area contributed by atoms with E-state index in [1.165, 1.54) is 16.2 Å². The molecule has 1 amide bonds. The molecule has 1 unspecified atom stereocenters. The highest BCUT2D eigenvalue weighted by atomic mass is 16.4. The van der Waals surface area contributed by atoms with Crippen LogP contribution in [-0.2, 0) is 16.0 Å². The molecule has 2 rings (SSSR count). The molecule has 1 aliphatic rings. The molecule has 22 heavy (non-hydrogen) atoms. The molecule has 0 aromatic heterocycles. The minimum Gasteiger partial charge on any atom is -0.480 e. The molecule has 1 aromatic rings. The van der Waals surface area contributed by atoms with E-state index < -0.39 is 12.0 Å². The van der Waals surface area contributed by atoms with Crippen LogP contribution in [0.1, 0.15) is 12.5 Å². The van der Waals surface area contributed by atoms with Crippen molar-refractivity contribution >= 4 is 17.6 Å². The molecule has 0 radical (unpaired) electrons. The first kappa shape index (κ1) is 16.3. The smallest absolute Gasteiger partial charge is 0.320 e. The molecule has 0 aliphatic carbocycles. The summed E-state index contributed by atoms with van der Waals surface area (Å²) in [6.07, 6.45) is 1.04. The molecular formula is C16H23N3O3. The maximum atomic E-state index is 11.8. The van der Waals surface area contributed by atoms with Gasteiger partial charge in [0.2, 0.25) is 5.91 Å². The van der Waals surface area contributed by atoms with E-state index in [1.54, 1.807) is 14.0 Å². The zero-order chi connectivity index (χ0) is 16.1. The Morgan fingerprint density at radius 3 is 2.86 bits per heavy atom. The number of nitrogens with zero attached hydrogens (tertiary/aromatic N) is 2. The standard InChI is InChI=1S/C16H23N3O3/c1-12(16(21)22)18(2)11-15(20)17-8-10-19-9-7-13-5-3-4-6-14(13)19/h3-6,12H,7-11H2,1-2H3,(H,17,20)(H,21,22). The van der Waals surface area contributed by atoms with E-state index in [9.17, 15) is 9.59 Å². The van der Waals surface area contributed by atoms with E-state index in [1.807, 2.05) is 12.1 Å². The second-order valence-electron chi connectivity index (χ2n) is 5.65. The van der Waals surface area contributed by atoms with Gasteiger partial charge in [0.05, 0.1) is 6.54 Å². The zero-order valence-electron chi connectivity index (χ0n) is 13.1. The summed E-state index contributed by atoms with van der Waals surface area (Å²) in [5.41, 5.74) is 2.59. The molecule has 1 aliphatic heterocycles. The molecule has 2 N–H and O–H groups in total. The van der Waals surface area contributed by atoms with Crippen LogP contribution in [0.15, 0.2) is 24.3 Å². The minimum atomic E-state index is -0.927. The normalized spacial score (nSPS) is 14.8. The van der Waals surface area contributed by atoms with Crippen molar-refractivity contribution in [3.8, 4) is 0 Å². The predicted octanol–water partition coefficient (Wildman–Crippen LogP) is 0.570. The maximum Gasteiger partial charge on any atom is 0.320 e. The predicted molar refractivity (Wildman–Crippen MR) is 85.1 cm³/mol. The average molecular weight is 305 g/mol. The fourth-order valence-electron chi connectivity index (χ4n) is 2.58. The van der Waals surface area contributed by atoms with Gasteiger partial charge in [0, 0.05) is 25.3 Å². The van der Waals surface area contributed by atoms with Gasteiger partial charge in [0.15, 0.2) is 0 Å². The number of carbonyl (C=O) groups excluding carboxylic acids is 1. The fraction of sp³-hybridized carbons (Fsp3) is 0.500. The van der Waals surface area contributed by atoms with Crippen LogP contribution in [0.25, 0.3) is 0 Å². The lowest BCUT2D eigenvalue weighted by Gasteiger charge is -2.22. The number of nitrogens with one attached hydrogen (secondary N) is 1. The summed E-state index contributed by atoms with van der Waals surface area (Å²) in [4.78, 5) is 26.5. The highest BCUT2D eigenvalue weighted by Crippen LogP contribution is 2.26. The number of rotatable bonds is 7. The number of aliphatic carboxylic acids is 1. The Kier molecular flexibility index (Phi) is 5.38. The SMILES string of the molecule is CC(C(=O)O)N(C)CC(=O)NCCN1CCc2ccccc21. The van der Waals surface area contributed by atoms with E-state index in [4.69, 9.17) is 5.11 Å². The highest BCUT2D eigenvalue weighted by molar-refractivity contribution is 5.79. The molecule has 0 bridgehead atoms. The van der Waals surface area contributed by atoms with Crippen LogP contribution < -0.4 is 10.2 Å². The molecular weight excluding hydrogens is 282 g/mol. The van der Waals surface area contributed by atoms with Gasteiger partial charge in [-0.3, -0.25) is 14.5 Å². The average Bonchev–Trinajstić information content (AvgIpc) is 2.89. The first-order chi connectivity index (χ1) is 10.5. The number of benzene rings is 1. The molecule has 0 saturated heterocycles. The summed E-state index contributed by atoms with van der Waals surface area (Å²) in [6.45, 7) is 3.95. The van der Waals surface area contributed by atoms with Crippen molar-refractivity contribution in [1.29, 1.82) is 0 Å². The Balaban J connectivity index is 1.73. The van der Waals surface area contributed by atoms with Gasteiger partial charge in [-0.05, 0) is 32.0 Å². The summed E-state index contributed by atoms with van der Waals surface area (Å²) >= 11 is 0. The first-order valence-electron chi connectivity index (χ1n) is 7.51. The van der Waals surface area contributed by atoms with Crippen molar-refractivity contribution in [2.75, 3.05) is 38.1 Å². The third-order valence-corrected chi connectivity index (χ3v) is 4.10. The van der Waals surface area contributed by atoms with E-state index in [2.05, 4.69) is 22.3 Å². The van der Waals surface area contributed by atoms with Gasteiger partial charge in [-0.1, -0.05) is 18.2 Å². The number of anilines is 1. The van der Waals surface area contributed by atoms with Crippen LogP contribution in [0.3, 0.4) is 0 Å². The van der Waals surface area contributed by atoms with E-state index in [-0.39, 0.29) is 12.5 Å². The van der Waals surface area contributed by atoms with Gasteiger partial charge < -0.3 is 15.3 Å². The second kappa shape index (κ2) is 7.26. The van der Waals surface area contributed by atoms with Gasteiger partial charge in [-0.2, -0.15) is 0 Å². The Bertz CT molecular complexity index is 547. The van der Waals surface area contributed by atoms with Crippen molar-refractivity contribution < 1.29 is 14.7 Å². The third-order valence-electron chi connectivity index (χ3n) is 4.10. The fourth-order valence-corrected chi connectivity index (χ4v) is 2.58. The first-order valence-corrected chi connectivity index (χ1v) is 7.51. The lowest BCUT2D eigenvalue weighted by molar-refractivity contribution is -0.142. The van der Waals surface area contributed by atoms with Crippen LogP contribution in [0, 0.1) is 0 Å². The van der Waals surface area contributed by atoms with Crippen molar-refractivity contribution in [2.24, 2.45) is 0 Å². The van der Waals surface area contributed by atoms with Crippen LogP contribution in [0.4, 0.5) is 5.69 Å². The van der Waals surface area contributed by atoms with E-state index in [0.29, 0.717) is 6.54 Å². The topological polar surface area (TPSA) is 72.9 Å². The van der Waals surface area contributed by atoms with Crippen molar-refractivity contribution in [2.45, 2.75) is 19.4 Å². The molecule has 0 saturated carbocycles. The molecule has 0 spiro atoms. The Hall–Kier alpha value is -2.08. The largest absolute Gasteiger partial charge is 0.480 e. The Morgan fingerprint density at radius 2 is 2.14 bits per heavy atom. The minimum absolute atomic E-state index is 0.0874. The molecule has 120 valence electrons. The van der Waals surface area contributed by atoms with Gasteiger partial charge >= 0.3 is 5.97 Å². The van der Waals surface area contributed by atoms with Gasteiger partial charge in [-0.15, -0.1) is 0 Å². The molecule has 6 nitrogen and oxygen atoms in total. The number of amides is 1. The Labute approximate surface area is 130 Å². The summed E-state index contributed by atoms with van der Waals surface area (Å²) in [5, 5.41) is 11.7. The molecule has 1 aromatic carbocycles. The van der Waals surface area contributed by atoms with E-state index >= 15 is 0 Å². The number of carboxylic acid groups (broad SMARTS) is 1. The third kappa shape index (κ3) is 3.98. The molecule has 6 heteroatoms. The Morgan fingerprint density at radius 1 is 1.41 bits per heavy atom. The van der Waals surface area contributed by atoms with Crippen molar-refractivity contribution in [1.82, 2.24) is 10.2 Å². The number of hydrogen-bond acceptors (Lipinski definition) is 4. The number of para-hydroxylation sites is 1. The number of carboxylic acids is 1. The van der Waals surface area contributed by atoms with Gasteiger partial charge in [0.25, 0.3) is 0 Å². The summed E-state index contributed by atoms with van der Waals surface area (Å²) < 4.78 is 0. The van der Waals surface area contributed by atoms with E-state index in [0.717, 1.165) is 19.5 Å². The van der Waals surface area contributed by atoms with Gasteiger partial charge in [-0.25, -0.2) is 0 Å². The number of fused-ring (bicyclic) bond motifs is 1. The van der Waals surface area contributed by atoms with Crippen molar-refractivity contribution in [3.05, 3.63) is 29.8 Å². The molecule has 1 atom stereocenters. The summed E-state index contributed by atoms with van der Waals surface area (Å²) in [5.74, 6) is -1.08. The van der Waals surface area contributed by atoms with Crippen LogP contribution in [0.2, 0.25) is 0 Å². The summed E-state index contributed by atoms with van der Waals surface area (Å²) in [6, 6.07) is 7.64. The zero-order valence-corrected chi connectivity index (χ0v) is 13.1. The monoisotopic (exact) mass is 305 g/mol. The molecule has 1 heterocycles. The van der Waals surface area contributed by atoms with Gasteiger partial charge in [0.1, 0.15) is 6.04 Å². The summed E-state index contributed by atoms with van der Waals surface area (Å²) in [7, 11) is 1.63. The molecule has 0 fully saturated rings. The van der Waals surface area contributed by atoms with Crippen molar-refractivity contribution in [3.63, 3.8) is 0 Å². The highest BCUT2D eigenvalue weighted by Gasteiger charge is 2.20. The lowest BCUT2D eigenvalue weighted by Crippen LogP contribution is -2.44. The van der Waals surface area contributed by atoms with Crippen LogP contribution in [0.5, 0.6) is 0 Å². The number of carbonyl (C=O) groups is 2. The lowest BCUT2D eigenvalue weighted by atomic mass is 10.2. The van der Waals surface area contributed by atoms with Crippen LogP contribution in [-0.4, -0.2) is 61.2 Å². The maximum absolute atomic E-state index is 11.8.